The van der Waals surface area contributed by atoms with Crippen molar-refractivity contribution >= 4 is 28.2 Å². The van der Waals surface area contributed by atoms with Gasteiger partial charge < -0.3 is 15.7 Å². The van der Waals surface area contributed by atoms with Crippen molar-refractivity contribution in [1.29, 1.82) is 0 Å². The third kappa shape index (κ3) is 3.70. The third-order valence-corrected chi connectivity index (χ3v) is 6.03. The van der Waals surface area contributed by atoms with Gasteiger partial charge in [0, 0.05) is 30.4 Å². The lowest BCUT2D eigenvalue weighted by Crippen LogP contribution is -2.21. The molecule has 0 unspecified atom stereocenters. The lowest BCUT2D eigenvalue weighted by molar-refractivity contribution is -0.136. The molecule has 0 spiro atoms. The lowest BCUT2D eigenvalue weighted by atomic mass is 9.99. The Labute approximate surface area is 180 Å². The quantitative estimate of drug-likeness (QED) is 0.501. The minimum Gasteiger partial charge on any atom is -0.481 e. The highest BCUT2D eigenvalue weighted by Crippen LogP contribution is 2.35. The van der Waals surface area contributed by atoms with Crippen molar-refractivity contribution in [3.05, 3.63) is 89.6 Å². The molecule has 5 rings (SSSR count). The summed E-state index contributed by atoms with van der Waals surface area (Å²) < 4.78 is 0. The molecule has 0 saturated carbocycles. The van der Waals surface area contributed by atoms with Gasteiger partial charge in [-0.25, -0.2) is 4.98 Å². The van der Waals surface area contributed by atoms with Crippen molar-refractivity contribution in [2.24, 2.45) is 0 Å². The summed E-state index contributed by atoms with van der Waals surface area (Å²) in [7, 11) is 0. The number of carboxylic acid groups (broad SMARTS) is 1. The number of hydrogen-bond acceptors (Lipinski definition) is 4. The van der Waals surface area contributed by atoms with Crippen molar-refractivity contribution in [2.45, 2.75) is 19.4 Å². The zero-order valence-corrected chi connectivity index (χ0v) is 17.1. The van der Waals surface area contributed by atoms with E-state index in [2.05, 4.69) is 46.3 Å². The number of benzene rings is 3. The number of fused-ring (bicyclic) bond motifs is 2. The van der Waals surface area contributed by atoms with E-state index >= 15 is 0 Å². The maximum absolute atomic E-state index is 11.2. The average molecular weight is 409 g/mol. The van der Waals surface area contributed by atoms with Gasteiger partial charge in [-0.3, -0.25) is 4.79 Å². The number of carboxylic acids is 1. The van der Waals surface area contributed by atoms with Crippen LogP contribution in [-0.2, 0) is 24.2 Å². The molecule has 3 N–H and O–H groups in total. The van der Waals surface area contributed by atoms with Crippen molar-refractivity contribution in [1.82, 2.24) is 4.98 Å². The predicted molar refractivity (Wildman–Crippen MR) is 124 cm³/mol. The van der Waals surface area contributed by atoms with E-state index in [1.807, 2.05) is 30.3 Å². The van der Waals surface area contributed by atoms with Crippen LogP contribution in [0.3, 0.4) is 0 Å². The number of nitrogens with zero attached hydrogens (tertiary/aromatic N) is 2. The number of pyridine rings is 1. The Morgan fingerprint density at radius 3 is 2.61 bits per heavy atom. The molecule has 0 aliphatic carbocycles. The number of anilines is 2. The summed E-state index contributed by atoms with van der Waals surface area (Å²) in [6.45, 7) is 1.63. The van der Waals surface area contributed by atoms with Crippen LogP contribution >= 0.6 is 0 Å². The van der Waals surface area contributed by atoms with E-state index in [1.54, 1.807) is 6.20 Å². The Bertz CT molecular complexity index is 1300. The number of rotatable bonds is 5. The second-order valence-electron chi connectivity index (χ2n) is 7.99. The van der Waals surface area contributed by atoms with E-state index in [1.165, 1.54) is 11.3 Å². The Balaban J connectivity index is 1.48. The molecule has 154 valence electrons. The number of hydrogen-bond donors (Lipinski definition) is 2. The van der Waals surface area contributed by atoms with Crippen LogP contribution in [0.4, 0.5) is 11.5 Å². The number of nitrogen functional groups attached to an aromatic ring is 1. The number of nitrogens with two attached hydrogens (primary N) is 1. The van der Waals surface area contributed by atoms with Crippen LogP contribution in [0.1, 0.15) is 16.7 Å². The Hall–Kier alpha value is -3.86. The van der Waals surface area contributed by atoms with Gasteiger partial charge in [0.2, 0.25) is 0 Å². The van der Waals surface area contributed by atoms with Crippen molar-refractivity contribution in [3.8, 4) is 11.1 Å². The fourth-order valence-corrected chi connectivity index (χ4v) is 4.41. The topological polar surface area (TPSA) is 79.5 Å². The Kier molecular flexibility index (Phi) is 4.79. The third-order valence-electron chi connectivity index (χ3n) is 6.03. The lowest BCUT2D eigenvalue weighted by Gasteiger charge is -2.22. The molecule has 0 bridgehead atoms. The first kappa shape index (κ1) is 19.1. The first-order chi connectivity index (χ1) is 15.1. The molecule has 3 aromatic carbocycles. The summed E-state index contributed by atoms with van der Waals surface area (Å²) in [6.07, 6.45) is 2.77. The second kappa shape index (κ2) is 7.76. The molecule has 1 aliphatic heterocycles. The molecule has 0 amide bonds. The van der Waals surface area contributed by atoms with Crippen molar-refractivity contribution in [2.75, 3.05) is 17.2 Å². The number of carbonyl (C=O) groups is 1. The molecule has 5 nitrogen and oxygen atoms in total. The summed E-state index contributed by atoms with van der Waals surface area (Å²) in [5.74, 6) is -0.265. The fraction of sp³-hybridized carbons (Fsp3) is 0.154. The van der Waals surface area contributed by atoms with Gasteiger partial charge in [-0.15, -0.1) is 0 Å². The summed E-state index contributed by atoms with van der Waals surface area (Å²) in [6, 6.07) is 22.7. The standard InChI is InChI=1S/C26H23N3O2/c27-26-23-13-20(7-5-17(23)9-11-28-26)21-8-6-18-10-12-29(24(18)14-21)16-22-4-2-1-3-19(22)15-25(30)31/h1-9,11,13-14H,10,12,15-16H2,(H2,27,28)(H,30,31). The van der Waals surface area contributed by atoms with Crippen molar-refractivity contribution < 1.29 is 9.90 Å². The molecule has 31 heavy (non-hydrogen) atoms. The molecular weight excluding hydrogens is 386 g/mol. The van der Waals surface area contributed by atoms with Gasteiger partial charge in [-0.05, 0) is 57.8 Å². The van der Waals surface area contributed by atoms with Gasteiger partial charge in [0.15, 0.2) is 0 Å². The largest absolute Gasteiger partial charge is 0.481 e. The highest BCUT2D eigenvalue weighted by atomic mass is 16.4. The molecule has 0 fully saturated rings. The van der Waals surface area contributed by atoms with Gasteiger partial charge in [0.05, 0.1) is 6.42 Å². The molecular formula is C26H23N3O2. The average Bonchev–Trinajstić information content (AvgIpc) is 3.17. The highest BCUT2D eigenvalue weighted by Gasteiger charge is 2.21. The zero-order chi connectivity index (χ0) is 21.4. The SMILES string of the molecule is Nc1nccc2ccc(-c3ccc4c(c3)N(Cc3ccccc3CC(=O)O)CC4)cc12. The molecule has 1 aromatic heterocycles. The second-order valence-corrected chi connectivity index (χ2v) is 7.99. The van der Waals surface area contributed by atoms with Gasteiger partial charge in [-0.2, -0.15) is 0 Å². The van der Waals surface area contributed by atoms with E-state index < -0.39 is 5.97 Å². The maximum atomic E-state index is 11.2. The van der Waals surface area contributed by atoms with Crippen LogP contribution in [0.15, 0.2) is 72.9 Å². The molecule has 1 aliphatic rings. The van der Waals surface area contributed by atoms with Crippen LogP contribution in [0.25, 0.3) is 21.9 Å². The van der Waals surface area contributed by atoms with E-state index in [4.69, 9.17) is 5.73 Å². The summed E-state index contributed by atoms with van der Waals surface area (Å²) in [5, 5.41) is 11.3. The molecule has 2 heterocycles. The molecule has 0 saturated heterocycles. The van der Waals surface area contributed by atoms with Gasteiger partial charge in [0.1, 0.15) is 5.82 Å². The van der Waals surface area contributed by atoms with E-state index in [0.29, 0.717) is 12.4 Å². The van der Waals surface area contributed by atoms with Crippen LogP contribution in [0, 0.1) is 0 Å². The zero-order valence-electron chi connectivity index (χ0n) is 17.1. The fourth-order valence-electron chi connectivity index (χ4n) is 4.41. The van der Waals surface area contributed by atoms with Crippen LogP contribution in [-0.4, -0.2) is 22.6 Å². The van der Waals surface area contributed by atoms with Crippen LogP contribution in [0.2, 0.25) is 0 Å². The maximum Gasteiger partial charge on any atom is 0.307 e. The summed E-state index contributed by atoms with van der Waals surface area (Å²) >= 11 is 0. The van der Waals surface area contributed by atoms with E-state index in [0.717, 1.165) is 46.0 Å². The predicted octanol–water partition coefficient (Wildman–Crippen LogP) is 4.67. The summed E-state index contributed by atoms with van der Waals surface area (Å²) in [5.41, 5.74) is 12.8. The Morgan fingerprint density at radius 2 is 1.77 bits per heavy atom. The first-order valence-corrected chi connectivity index (χ1v) is 10.4. The van der Waals surface area contributed by atoms with E-state index in [-0.39, 0.29) is 6.42 Å². The Morgan fingerprint density at radius 1 is 1.00 bits per heavy atom. The van der Waals surface area contributed by atoms with Gasteiger partial charge in [-0.1, -0.05) is 48.5 Å². The van der Waals surface area contributed by atoms with Gasteiger partial charge in [0.25, 0.3) is 0 Å². The minimum atomic E-state index is -0.804. The summed E-state index contributed by atoms with van der Waals surface area (Å²) in [4.78, 5) is 17.8. The number of aliphatic carboxylic acids is 1. The van der Waals surface area contributed by atoms with Crippen LogP contribution in [0.5, 0.6) is 0 Å². The van der Waals surface area contributed by atoms with E-state index in [9.17, 15) is 9.90 Å². The monoisotopic (exact) mass is 409 g/mol. The molecule has 0 radical (unpaired) electrons. The number of aromatic nitrogens is 1. The normalized spacial score (nSPS) is 12.8. The first-order valence-electron chi connectivity index (χ1n) is 10.4. The molecule has 5 heteroatoms. The van der Waals surface area contributed by atoms with Crippen molar-refractivity contribution in [3.63, 3.8) is 0 Å². The molecule has 0 atom stereocenters. The van der Waals surface area contributed by atoms with Crippen LogP contribution < -0.4 is 10.6 Å². The minimum absolute atomic E-state index is 0.0451. The smallest absolute Gasteiger partial charge is 0.307 e. The highest BCUT2D eigenvalue weighted by molar-refractivity contribution is 5.94. The molecule has 4 aromatic rings. The van der Waals surface area contributed by atoms with Gasteiger partial charge >= 0.3 is 5.97 Å².